The first-order chi connectivity index (χ1) is 28.3. The summed E-state index contributed by atoms with van der Waals surface area (Å²) in [4.78, 5) is 67.1. The van der Waals surface area contributed by atoms with Gasteiger partial charge < -0.3 is 19.7 Å². The van der Waals surface area contributed by atoms with Crippen LogP contribution in [-0.4, -0.2) is 79.2 Å². The molecule has 58 heavy (non-hydrogen) atoms. The van der Waals surface area contributed by atoms with E-state index >= 15 is 4.39 Å². The topological polar surface area (TPSA) is 145 Å². The molecule has 15 heteroatoms. The van der Waals surface area contributed by atoms with Gasteiger partial charge in [-0.3, -0.25) is 34.7 Å². The number of piperidine rings is 1. The SMILES string of the molecule is O=C1CCC(Nc2cccc(CN3C4CCC3CN(c3ccc(-c5cc(F)c6c(c5)C(=O)N(C(C(=O)Nc5nccs5)c5ncn7c5CCC7)C6)cc3)C4)c2)C(=O)N1. The zero-order valence-electron chi connectivity index (χ0n) is 31.7. The van der Waals surface area contributed by atoms with Gasteiger partial charge in [-0.15, -0.1) is 11.3 Å². The monoisotopic (exact) mass is 799 g/mol. The maximum atomic E-state index is 16.0. The first kappa shape index (κ1) is 36.4. The average molecular weight is 800 g/mol. The van der Waals surface area contributed by atoms with Gasteiger partial charge in [-0.25, -0.2) is 14.4 Å². The predicted octanol–water partition coefficient (Wildman–Crippen LogP) is 5.50. The number of anilines is 3. The van der Waals surface area contributed by atoms with Crippen molar-refractivity contribution in [2.24, 2.45) is 0 Å². The maximum absolute atomic E-state index is 16.0. The third-order valence-electron chi connectivity index (χ3n) is 12.4. The van der Waals surface area contributed by atoms with Gasteiger partial charge in [-0.05, 0) is 85.2 Å². The lowest BCUT2D eigenvalue weighted by molar-refractivity contribution is -0.133. The quantitative estimate of drug-likeness (QED) is 0.156. The molecule has 13 nitrogen and oxygen atoms in total. The van der Waals surface area contributed by atoms with Crippen molar-refractivity contribution in [3.8, 4) is 11.1 Å². The summed E-state index contributed by atoms with van der Waals surface area (Å²) in [6.45, 7) is 3.35. The minimum absolute atomic E-state index is 0.0412. The Balaban J connectivity index is 0.826. The normalized spacial score (nSPS) is 21.9. The van der Waals surface area contributed by atoms with E-state index in [4.69, 9.17) is 0 Å². The minimum Gasteiger partial charge on any atom is -0.374 e. The summed E-state index contributed by atoms with van der Waals surface area (Å²) in [7, 11) is 0. The molecular formula is C43H42FN9O4S. The summed E-state index contributed by atoms with van der Waals surface area (Å²) in [6.07, 6.45) is 8.04. The Morgan fingerprint density at radius 1 is 0.966 bits per heavy atom. The zero-order chi connectivity index (χ0) is 39.5. The molecule has 5 aliphatic rings. The first-order valence-corrected chi connectivity index (χ1v) is 20.8. The van der Waals surface area contributed by atoms with Crippen molar-refractivity contribution < 1.29 is 23.6 Å². The number of carbonyl (C=O) groups excluding carboxylic acids is 4. The number of piperazine rings is 1. The summed E-state index contributed by atoms with van der Waals surface area (Å²) in [6, 6.07) is 18.9. The van der Waals surface area contributed by atoms with Gasteiger partial charge in [0.25, 0.3) is 11.8 Å². The Morgan fingerprint density at radius 2 is 1.79 bits per heavy atom. The fourth-order valence-electron chi connectivity index (χ4n) is 9.49. The number of carbonyl (C=O) groups is 4. The van der Waals surface area contributed by atoms with Crippen molar-refractivity contribution in [1.29, 1.82) is 0 Å². The average Bonchev–Trinajstić information content (AvgIpc) is 4.06. The summed E-state index contributed by atoms with van der Waals surface area (Å²) >= 11 is 1.29. The van der Waals surface area contributed by atoms with Gasteiger partial charge in [0.05, 0.1) is 18.6 Å². The van der Waals surface area contributed by atoms with Crippen LogP contribution in [-0.2, 0) is 40.4 Å². The lowest BCUT2D eigenvalue weighted by atomic mass is 9.99. The highest BCUT2D eigenvalue weighted by atomic mass is 32.1. The molecule has 2 bridgehead atoms. The van der Waals surface area contributed by atoms with Crippen LogP contribution < -0.4 is 20.9 Å². The van der Waals surface area contributed by atoms with Gasteiger partial charge in [-0.2, -0.15) is 0 Å². The van der Waals surface area contributed by atoms with Crippen molar-refractivity contribution in [1.82, 2.24) is 29.7 Å². The number of imide groups is 1. The highest BCUT2D eigenvalue weighted by molar-refractivity contribution is 7.13. The van der Waals surface area contributed by atoms with Crippen molar-refractivity contribution >= 4 is 51.5 Å². The predicted molar refractivity (Wildman–Crippen MR) is 217 cm³/mol. The molecule has 10 rings (SSSR count). The highest BCUT2D eigenvalue weighted by Gasteiger charge is 2.43. The highest BCUT2D eigenvalue weighted by Crippen LogP contribution is 2.39. The van der Waals surface area contributed by atoms with Gasteiger partial charge in [0.15, 0.2) is 11.2 Å². The van der Waals surface area contributed by atoms with E-state index in [2.05, 4.69) is 60.0 Å². The minimum atomic E-state index is -1.04. The standard InChI is InChI=1S/C43H42FN9O4S/c44-34-19-27(18-32-33(34)23-53(42(32)57)39(41(56)49-43-45-14-16-58-43)38-36-5-2-15-50(36)24-46-38)26-6-8-29(9-7-26)51-21-30-10-11-31(22-51)52(30)20-25-3-1-4-28(17-25)47-35-12-13-37(54)48-40(35)55/h1,3-4,6-9,14,16-19,24,30-31,35,39,47H,2,5,10-13,15,20-23H2,(H,45,49,56)(H,48,54,55). The number of hydrogen-bond acceptors (Lipinski definition) is 10. The van der Waals surface area contributed by atoms with E-state index < -0.39 is 29.7 Å². The molecular weight excluding hydrogens is 758 g/mol. The molecule has 5 aromatic rings. The van der Waals surface area contributed by atoms with Crippen LogP contribution in [0.1, 0.15) is 71.0 Å². The number of imidazole rings is 1. The number of fused-ring (bicyclic) bond motifs is 4. The van der Waals surface area contributed by atoms with Crippen molar-refractivity contribution in [3.63, 3.8) is 0 Å². The van der Waals surface area contributed by atoms with Gasteiger partial charge in [0, 0.05) is 84.5 Å². The number of thiazole rings is 1. The summed E-state index contributed by atoms with van der Waals surface area (Å²) in [5, 5.41) is 10.8. The van der Waals surface area contributed by atoms with Crippen LogP contribution in [0.5, 0.6) is 0 Å². The number of nitrogens with zero attached hydrogens (tertiary/aromatic N) is 6. The van der Waals surface area contributed by atoms with E-state index in [1.54, 1.807) is 24.0 Å². The van der Waals surface area contributed by atoms with Crippen LogP contribution in [0.2, 0.25) is 0 Å². The fourth-order valence-corrected chi connectivity index (χ4v) is 10.0. The summed E-state index contributed by atoms with van der Waals surface area (Å²) < 4.78 is 18.0. The van der Waals surface area contributed by atoms with Gasteiger partial charge >= 0.3 is 0 Å². The first-order valence-electron chi connectivity index (χ1n) is 19.9. The van der Waals surface area contributed by atoms with Crippen molar-refractivity contribution in [2.45, 2.75) is 82.3 Å². The number of halogens is 1. The van der Waals surface area contributed by atoms with E-state index in [1.807, 2.05) is 28.8 Å². The smallest absolute Gasteiger partial charge is 0.255 e. The van der Waals surface area contributed by atoms with Crippen LogP contribution in [0.25, 0.3) is 11.1 Å². The number of rotatable bonds is 10. The number of aryl methyl sites for hydroxylation is 1. The fraction of sp³-hybridized carbons (Fsp3) is 0.349. The molecule has 296 valence electrons. The second-order valence-corrected chi connectivity index (χ2v) is 16.8. The Morgan fingerprint density at radius 3 is 2.57 bits per heavy atom. The van der Waals surface area contributed by atoms with E-state index in [0.29, 0.717) is 41.3 Å². The molecule has 3 aromatic carbocycles. The van der Waals surface area contributed by atoms with Crippen LogP contribution in [0.4, 0.5) is 20.9 Å². The van der Waals surface area contributed by atoms with Gasteiger partial charge in [0.2, 0.25) is 11.8 Å². The number of nitrogens with one attached hydrogen (secondary N) is 3. The second-order valence-electron chi connectivity index (χ2n) is 15.9. The number of aromatic nitrogens is 3. The van der Waals surface area contributed by atoms with Gasteiger partial charge in [0.1, 0.15) is 11.9 Å². The molecule has 5 aliphatic heterocycles. The molecule has 0 saturated carbocycles. The number of benzene rings is 3. The Hall–Kier alpha value is -5.93. The van der Waals surface area contributed by atoms with Gasteiger partial charge in [-0.1, -0.05) is 24.3 Å². The molecule has 0 radical (unpaired) electrons. The molecule has 7 heterocycles. The van der Waals surface area contributed by atoms with Crippen LogP contribution >= 0.6 is 11.3 Å². The van der Waals surface area contributed by atoms with E-state index in [0.717, 1.165) is 74.5 Å². The van der Waals surface area contributed by atoms with Crippen LogP contribution in [0.15, 0.2) is 78.6 Å². The third kappa shape index (κ3) is 6.71. The Labute approximate surface area is 338 Å². The molecule has 0 aliphatic carbocycles. The molecule has 4 unspecified atom stereocenters. The van der Waals surface area contributed by atoms with E-state index in [1.165, 1.54) is 27.9 Å². The van der Waals surface area contributed by atoms with Crippen LogP contribution in [0.3, 0.4) is 0 Å². The summed E-state index contributed by atoms with van der Waals surface area (Å²) in [5.41, 5.74) is 6.52. The molecule has 3 N–H and O–H groups in total. The maximum Gasteiger partial charge on any atom is 0.255 e. The molecule has 0 spiro atoms. The lowest BCUT2D eigenvalue weighted by Gasteiger charge is -2.42. The molecule has 4 amide bonds. The third-order valence-corrected chi connectivity index (χ3v) is 13.0. The second kappa shape index (κ2) is 14.8. The molecule has 3 fully saturated rings. The van der Waals surface area contributed by atoms with E-state index in [-0.39, 0.29) is 29.5 Å². The Bertz CT molecular complexity index is 2420. The number of amides is 4. The molecule has 2 aromatic heterocycles. The summed E-state index contributed by atoms with van der Waals surface area (Å²) in [5.74, 6) is -1.82. The molecule has 4 atom stereocenters. The van der Waals surface area contributed by atoms with Crippen molar-refractivity contribution in [3.05, 3.63) is 112 Å². The van der Waals surface area contributed by atoms with E-state index in [9.17, 15) is 19.2 Å². The zero-order valence-corrected chi connectivity index (χ0v) is 32.5. The number of hydrogen-bond donors (Lipinski definition) is 3. The molecule has 3 saturated heterocycles. The Kier molecular flexibility index (Phi) is 9.28. The van der Waals surface area contributed by atoms with Crippen LogP contribution in [0, 0.1) is 5.82 Å². The van der Waals surface area contributed by atoms with Crippen molar-refractivity contribution in [2.75, 3.05) is 28.6 Å². The lowest BCUT2D eigenvalue weighted by Crippen LogP contribution is -2.53. The largest absolute Gasteiger partial charge is 0.374 e.